The first-order chi connectivity index (χ1) is 10.5. The summed E-state index contributed by atoms with van der Waals surface area (Å²) in [5, 5.41) is 21.5. The van der Waals surface area contributed by atoms with Crippen molar-refractivity contribution in [2.75, 3.05) is 11.9 Å². The van der Waals surface area contributed by atoms with Gasteiger partial charge in [0.15, 0.2) is 0 Å². The van der Waals surface area contributed by atoms with Crippen molar-refractivity contribution in [1.29, 1.82) is 0 Å². The van der Waals surface area contributed by atoms with E-state index in [-0.39, 0.29) is 18.2 Å². The van der Waals surface area contributed by atoms with Crippen LogP contribution in [0.4, 0.5) is 5.95 Å². The number of carboxylic acids is 1. The first kappa shape index (κ1) is 16.2. The number of rotatable bonds is 6. The van der Waals surface area contributed by atoms with Gasteiger partial charge in [-0.15, -0.1) is 0 Å². The summed E-state index contributed by atoms with van der Waals surface area (Å²) in [4.78, 5) is 19.3. The summed E-state index contributed by atoms with van der Waals surface area (Å²) in [5.41, 5.74) is 1.39. The van der Waals surface area contributed by atoms with Crippen molar-refractivity contribution in [3.63, 3.8) is 0 Å². The van der Waals surface area contributed by atoms with Crippen LogP contribution in [0.15, 0.2) is 30.5 Å². The topological polar surface area (TPSA) is 95.3 Å². The lowest BCUT2D eigenvalue weighted by Crippen LogP contribution is -2.23. The molecule has 0 saturated carbocycles. The minimum Gasteiger partial charge on any atom is -0.478 e. The zero-order valence-corrected chi connectivity index (χ0v) is 12.7. The molecule has 1 aromatic heterocycles. The van der Waals surface area contributed by atoms with Crippen LogP contribution in [0.1, 0.15) is 23.7 Å². The number of anilines is 1. The fraction of sp³-hybridized carbons (Fsp3) is 0.267. The maximum atomic E-state index is 10.9. The highest BCUT2D eigenvalue weighted by Crippen LogP contribution is 2.26. The van der Waals surface area contributed by atoms with Crippen molar-refractivity contribution in [3.05, 3.63) is 41.0 Å². The van der Waals surface area contributed by atoms with Crippen LogP contribution in [0.5, 0.6) is 0 Å². The molecule has 1 heterocycles. The normalized spacial score (nSPS) is 12.0. The van der Waals surface area contributed by atoms with Gasteiger partial charge in [0, 0.05) is 5.56 Å². The molecule has 2 rings (SSSR count). The van der Waals surface area contributed by atoms with E-state index in [9.17, 15) is 9.90 Å². The molecule has 6 nitrogen and oxygen atoms in total. The van der Waals surface area contributed by atoms with Gasteiger partial charge in [0.05, 0.1) is 35.1 Å². The fourth-order valence-corrected chi connectivity index (χ4v) is 2.07. The van der Waals surface area contributed by atoms with E-state index >= 15 is 0 Å². The number of carboxylic acid groups (broad SMARTS) is 1. The Balaban J connectivity index is 2.31. The van der Waals surface area contributed by atoms with Gasteiger partial charge in [0.2, 0.25) is 5.95 Å². The molecule has 116 valence electrons. The first-order valence-electron chi connectivity index (χ1n) is 6.78. The highest BCUT2D eigenvalue weighted by atomic mass is 35.5. The van der Waals surface area contributed by atoms with E-state index in [4.69, 9.17) is 16.7 Å². The number of hydrogen-bond donors (Lipinski definition) is 3. The molecule has 2 aromatic rings. The van der Waals surface area contributed by atoms with Gasteiger partial charge >= 0.3 is 5.97 Å². The number of aromatic carboxylic acids is 1. The van der Waals surface area contributed by atoms with Gasteiger partial charge in [0.1, 0.15) is 0 Å². The van der Waals surface area contributed by atoms with E-state index in [1.807, 2.05) is 6.92 Å². The Morgan fingerprint density at radius 3 is 2.59 bits per heavy atom. The molecule has 0 amide bonds. The van der Waals surface area contributed by atoms with Crippen LogP contribution in [-0.4, -0.2) is 38.8 Å². The standard InChI is InChI=1S/C15H16ClN3O3/c1-2-11(8-20)18-15-17-7-12(16)13(19-15)9-3-5-10(6-4-9)14(21)22/h3-7,11,20H,2,8H2,1H3,(H,21,22)(H,17,18,19)/t11-/m0/s1. The van der Waals surface area contributed by atoms with Crippen LogP contribution >= 0.6 is 11.6 Å². The second kappa shape index (κ2) is 7.20. The number of benzene rings is 1. The fourth-order valence-electron chi connectivity index (χ4n) is 1.87. The number of aliphatic hydroxyl groups is 1. The van der Waals surface area contributed by atoms with Gasteiger partial charge in [-0.3, -0.25) is 0 Å². The lowest BCUT2D eigenvalue weighted by molar-refractivity contribution is 0.0697. The lowest BCUT2D eigenvalue weighted by atomic mass is 10.1. The summed E-state index contributed by atoms with van der Waals surface area (Å²) >= 11 is 6.12. The molecule has 0 aliphatic heterocycles. The summed E-state index contributed by atoms with van der Waals surface area (Å²) < 4.78 is 0. The predicted octanol–water partition coefficient (Wildman–Crippen LogP) is 2.68. The van der Waals surface area contributed by atoms with Crippen molar-refractivity contribution >= 4 is 23.5 Å². The van der Waals surface area contributed by atoms with Crippen LogP contribution in [0.25, 0.3) is 11.3 Å². The van der Waals surface area contributed by atoms with Gasteiger partial charge in [0.25, 0.3) is 0 Å². The molecular formula is C15H16ClN3O3. The third-order valence-corrected chi connectivity index (χ3v) is 3.47. The molecule has 1 aromatic carbocycles. The Kier molecular flexibility index (Phi) is 5.30. The van der Waals surface area contributed by atoms with E-state index in [1.54, 1.807) is 12.1 Å². The Morgan fingerprint density at radius 1 is 1.36 bits per heavy atom. The molecule has 0 unspecified atom stereocenters. The Hall–Kier alpha value is -2.18. The molecular weight excluding hydrogens is 306 g/mol. The van der Waals surface area contributed by atoms with E-state index in [0.717, 1.165) is 6.42 Å². The smallest absolute Gasteiger partial charge is 0.335 e. The average Bonchev–Trinajstić information content (AvgIpc) is 2.54. The number of halogens is 1. The SMILES string of the molecule is CC[C@@H](CO)Nc1ncc(Cl)c(-c2ccc(C(=O)O)cc2)n1. The van der Waals surface area contributed by atoms with Crippen molar-refractivity contribution in [3.8, 4) is 11.3 Å². The summed E-state index contributed by atoms with van der Waals surface area (Å²) in [7, 11) is 0. The van der Waals surface area contributed by atoms with Gasteiger partial charge in [-0.25, -0.2) is 14.8 Å². The largest absolute Gasteiger partial charge is 0.478 e. The molecule has 0 bridgehead atoms. The molecule has 22 heavy (non-hydrogen) atoms. The number of nitrogens with one attached hydrogen (secondary N) is 1. The van der Waals surface area contributed by atoms with E-state index in [1.165, 1.54) is 18.3 Å². The molecule has 0 aliphatic rings. The molecule has 0 aliphatic carbocycles. The van der Waals surface area contributed by atoms with Crippen LogP contribution in [0.2, 0.25) is 5.02 Å². The monoisotopic (exact) mass is 321 g/mol. The number of nitrogens with zero attached hydrogens (tertiary/aromatic N) is 2. The predicted molar refractivity (Wildman–Crippen MR) is 84.2 cm³/mol. The van der Waals surface area contributed by atoms with E-state index in [2.05, 4.69) is 15.3 Å². The number of aromatic nitrogens is 2. The Morgan fingerprint density at radius 2 is 2.05 bits per heavy atom. The van der Waals surface area contributed by atoms with E-state index in [0.29, 0.717) is 22.2 Å². The average molecular weight is 322 g/mol. The second-order valence-corrected chi connectivity index (χ2v) is 5.11. The van der Waals surface area contributed by atoms with Gasteiger partial charge in [-0.05, 0) is 18.6 Å². The molecule has 0 radical (unpaired) electrons. The van der Waals surface area contributed by atoms with Crippen LogP contribution in [-0.2, 0) is 0 Å². The van der Waals surface area contributed by atoms with Gasteiger partial charge in [-0.2, -0.15) is 0 Å². The van der Waals surface area contributed by atoms with Crippen LogP contribution in [0.3, 0.4) is 0 Å². The molecule has 3 N–H and O–H groups in total. The van der Waals surface area contributed by atoms with Gasteiger partial charge in [-0.1, -0.05) is 30.7 Å². The third kappa shape index (κ3) is 3.72. The number of hydrogen-bond acceptors (Lipinski definition) is 5. The van der Waals surface area contributed by atoms with Crippen molar-refractivity contribution in [2.45, 2.75) is 19.4 Å². The van der Waals surface area contributed by atoms with Crippen LogP contribution < -0.4 is 5.32 Å². The molecule has 7 heteroatoms. The Labute approximate surface area is 132 Å². The zero-order chi connectivity index (χ0) is 16.1. The molecule has 1 atom stereocenters. The minimum atomic E-state index is -0.989. The van der Waals surface area contributed by atoms with Crippen LogP contribution in [0, 0.1) is 0 Å². The second-order valence-electron chi connectivity index (χ2n) is 4.70. The quantitative estimate of drug-likeness (QED) is 0.757. The molecule has 0 fully saturated rings. The summed E-state index contributed by atoms with van der Waals surface area (Å²) in [6.07, 6.45) is 2.20. The summed E-state index contributed by atoms with van der Waals surface area (Å²) in [5.74, 6) is -0.626. The highest BCUT2D eigenvalue weighted by molar-refractivity contribution is 6.32. The maximum absolute atomic E-state index is 10.9. The van der Waals surface area contributed by atoms with Crippen molar-refractivity contribution in [1.82, 2.24) is 9.97 Å². The van der Waals surface area contributed by atoms with Crippen molar-refractivity contribution in [2.24, 2.45) is 0 Å². The summed E-state index contributed by atoms with van der Waals surface area (Å²) in [6, 6.07) is 6.14. The molecule has 0 saturated heterocycles. The number of carbonyl (C=O) groups is 1. The Bertz CT molecular complexity index is 658. The third-order valence-electron chi connectivity index (χ3n) is 3.20. The number of aliphatic hydroxyl groups excluding tert-OH is 1. The van der Waals surface area contributed by atoms with Crippen molar-refractivity contribution < 1.29 is 15.0 Å². The zero-order valence-electron chi connectivity index (χ0n) is 12.0. The van der Waals surface area contributed by atoms with Gasteiger partial charge < -0.3 is 15.5 Å². The highest BCUT2D eigenvalue weighted by Gasteiger charge is 2.12. The lowest BCUT2D eigenvalue weighted by Gasteiger charge is -2.14. The first-order valence-corrected chi connectivity index (χ1v) is 7.16. The van der Waals surface area contributed by atoms with E-state index < -0.39 is 5.97 Å². The maximum Gasteiger partial charge on any atom is 0.335 e. The minimum absolute atomic E-state index is 0.0227. The molecule has 0 spiro atoms. The summed E-state index contributed by atoms with van der Waals surface area (Å²) in [6.45, 7) is 1.92.